The maximum Gasteiger partial charge on any atom is 0.341 e. The van der Waals surface area contributed by atoms with Gasteiger partial charge in [0.15, 0.2) is 0 Å². The Labute approximate surface area is 182 Å². The number of nitrogens with zero attached hydrogens (tertiary/aromatic N) is 2. The highest BCUT2D eigenvalue weighted by Crippen LogP contribution is 2.25. The van der Waals surface area contributed by atoms with Crippen molar-refractivity contribution < 1.29 is 27.5 Å². The molecule has 2 aromatic heterocycles. The van der Waals surface area contributed by atoms with E-state index in [1.54, 1.807) is 24.4 Å². The lowest BCUT2D eigenvalue weighted by Crippen LogP contribution is -2.40. The van der Waals surface area contributed by atoms with E-state index < -0.39 is 16.0 Å². The number of carbonyl (C=O) groups is 2. The van der Waals surface area contributed by atoms with Crippen molar-refractivity contribution in [3.8, 4) is 0 Å². The summed E-state index contributed by atoms with van der Waals surface area (Å²) in [5.74, 6) is -0.733. The van der Waals surface area contributed by atoms with Gasteiger partial charge in [0.05, 0.1) is 36.2 Å². The number of thioether (sulfide) groups is 1. The van der Waals surface area contributed by atoms with E-state index in [4.69, 9.17) is 9.47 Å². The molecule has 0 saturated carbocycles. The molecule has 3 heterocycles. The van der Waals surface area contributed by atoms with Crippen molar-refractivity contribution in [2.45, 2.75) is 16.8 Å². The SMILES string of the molecule is CCOC(=O)c1ccsc1NC(=O)CSc1ccc(S(=O)(=O)N2CCOCC2)cn1. The van der Waals surface area contributed by atoms with Gasteiger partial charge in [0.25, 0.3) is 0 Å². The van der Waals surface area contributed by atoms with Gasteiger partial charge in [-0.3, -0.25) is 4.79 Å². The summed E-state index contributed by atoms with van der Waals surface area (Å²) in [4.78, 5) is 28.4. The molecule has 0 atom stereocenters. The molecule has 2 aromatic rings. The molecular formula is C18H21N3O6S3. The third kappa shape index (κ3) is 5.58. The van der Waals surface area contributed by atoms with Gasteiger partial charge in [0, 0.05) is 19.3 Å². The van der Waals surface area contributed by atoms with Crippen LogP contribution in [0.3, 0.4) is 0 Å². The Kier molecular flexibility index (Phi) is 7.83. The van der Waals surface area contributed by atoms with E-state index in [2.05, 4.69) is 10.3 Å². The summed E-state index contributed by atoms with van der Waals surface area (Å²) in [6.07, 6.45) is 1.29. The Morgan fingerprint density at radius 2 is 2.07 bits per heavy atom. The van der Waals surface area contributed by atoms with E-state index in [0.717, 1.165) is 0 Å². The van der Waals surface area contributed by atoms with Crippen molar-refractivity contribution in [3.05, 3.63) is 35.3 Å². The number of esters is 1. The smallest absolute Gasteiger partial charge is 0.341 e. The summed E-state index contributed by atoms with van der Waals surface area (Å²) in [6.45, 7) is 3.34. The predicted octanol–water partition coefficient (Wildman–Crippen LogP) is 2.07. The quantitative estimate of drug-likeness (QED) is 0.460. The van der Waals surface area contributed by atoms with Crippen LogP contribution in [0.25, 0.3) is 0 Å². The first-order chi connectivity index (χ1) is 14.4. The maximum atomic E-state index is 12.6. The fraction of sp³-hybridized carbons (Fsp3) is 0.389. The summed E-state index contributed by atoms with van der Waals surface area (Å²) in [5, 5.41) is 5.34. The number of anilines is 1. The molecule has 1 amide bonds. The minimum Gasteiger partial charge on any atom is -0.462 e. The Balaban J connectivity index is 1.56. The Bertz CT molecular complexity index is 985. The number of aromatic nitrogens is 1. The number of hydrogen-bond donors (Lipinski definition) is 1. The fourth-order valence-corrected chi connectivity index (χ4v) is 5.41. The molecule has 12 heteroatoms. The van der Waals surface area contributed by atoms with Crippen molar-refractivity contribution in [3.63, 3.8) is 0 Å². The number of carbonyl (C=O) groups excluding carboxylic acids is 2. The highest BCUT2D eigenvalue weighted by atomic mass is 32.2. The van der Waals surface area contributed by atoms with Crippen molar-refractivity contribution >= 4 is 50.0 Å². The molecule has 1 fully saturated rings. The normalized spacial score (nSPS) is 15.0. The molecular weight excluding hydrogens is 450 g/mol. The van der Waals surface area contributed by atoms with E-state index in [9.17, 15) is 18.0 Å². The largest absolute Gasteiger partial charge is 0.462 e. The minimum absolute atomic E-state index is 0.0583. The van der Waals surface area contributed by atoms with Gasteiger partial charge >= 0.3 is 5.97 Å². The first-order valence-electron chi connectivity index (χ1n) is 9.13. The van der Waals surface area contributed by atoms with E-state index in [-0.39, 0.29) is 23.2 Å². The minimum atomic E-state index is -3.60. The van der Waals surface area contributed by atoms with Crippen LogP contribution in [0.4, 0.5) is 5.00 Å². The van der Waals surface area contributed by atoms with E-state index >= 15 is 0 Å². The zero-order valence-electron chi connectivity index (χ0n) is 16.2. The highest BCUT2D eigenvalue weighted by Gasteiger charge is 2.26. The van der Waals surface area contributed by atoms with E-state index in [0.29, 0.717) is 41.9 Å². The molecule has 1 aliphatic rings. The van der Waals surface area contributed by atoms with Crippen molar-refractivity contribution in [2.75, 3.05) is 44.0 Å². The standard InChI is InChI=1S/C18H21N3O6S3/c1-2-27-18(23)14-5-10-28-17(14)20-15(22)12-29-16-4-3-13(11-19-16)30(24,25)21-6-8-26-9-7-21/h3-5,10-11H,2,6-9,12H2,1H3,(H,20,22). The van der Waals surface area contributed by atoms with Crippen LogP contribution < -0.4 is 5.32 Å². The van der Waals surface area contributed by atoms with Gasteiger partial charge < -0.3 is 14.8 Å². The molecule has 0 aliphatic carbocycles. The summed E-state index contributed by atoms with van der Waals surface area (Å²) in [5.41, 5.74) is 0.316. The van der Waals surface area contributed by atoms with Crippen molar-refractivity contribution in [2.24, 2.45) is 0 Å². The second kappa shape index (κ2) is 10.4. The fourth-order valence-electron chi connectivity index (χ4n) is 2.62. The van der Waals surface area contributed by atoms with Gasteiger partial charge in [0.2, 0.25) is 15.9 Å². The predicted molar refractivity (Wildman–Crippen MR) is 113 cm³/mol. The van der Waals surface area contributed by atoms with E-state index in [1.165, 1.54) is 39.7 Å². The van der Waals surface area contributed by atoms with Gasteiger partial charge in [-0.05, 0) is 30.5 Å². The molecule has 1 aliphatic heterocycles. The number of rotatable bonds is 8. The van der Waals surface area contributed by atoms with Gasteiger partial charge in [-0.15, -0.1) is 11.3 Å². The molecule has 162 valence electrons. The topological polar surface area (TPSA) is 115 Å². The van der Waals surface area contributed by atoms with Crippen molar-refractivity contribution in [1.29, 1.82) is 0 Å². The third-order valence-corrected chi connectivity index (χ3v) is 7.74. The van der Waals surface area contributed by atoms with Gasteiger partial charge in [-0.1, -0.05) is 11.8 Å². The van der Waals surface area contributed by atoms with Gasteiger partial charge in [-0.2, -0.15) is 4.31 Å². The van der Waals surface area contributed by atoms with Crippen molar-refractivity contribution in [1.82, 2.24) is 9.29 Å². The molecule has 1 saturated heterocycles. The molecule has 30 heavy (non-hydrogen) atoms. The van der Waals surface area contributed by atoms with Crippen LogP contribution in [0.1, 0.15) is 17.3 Å². The molecule has 9 nitrogen and oxygen atoms in total. The Morgan fingerprint density at radius 3 is 2.73 bits per heavy atom. The van der Waals surface area contributed by atoms with Crippen LogP contribution >= 0.6 is 23.1 Å². The van der Waals surface area contributed by atoms with Crippen LogP contribution in [0.2, 0.25) is 0 Å². The molecule has 0 radical (unpaired) electrons. The van der Waals surface area contributed by atoms with Gasteiger partial charge in [-0.25, -0.2) is 18.2 Å². The average molecular weight is 472 g/mol. The Morgan fingerprint density at radius 1 is 1.30 bits per heavy atom. The van der Waals surface area contributed by atoms with Crippen LogP contribution in [0.15, 0.2) is 39.7 Å². The summed E-state index contributed by atoms with van der Waals surface area (Å²) < 4.78 is 36.7. The average Bonchev–Trinajstić information content (AvgIpc) is 3.21. The van der Waals surface area contributed by atoms with Crippen LogP contribution in [-0.4, -0.2) is 68.2 Å². The second-order valence-corrected chi connectivity index (χ2v) is 9.92. The third-order valence-electron chi connectivity index (χ3n) is 4.08. The molecule has 3 rings (SSSR count). The summed E-state index contributed by atoms with van der Waals surface area (Å²) >= 11 is 2.40. The number of morpholine rings is 1. The monoisotopic (exact) mass is 471 g/mol. The first-order valence-corrected chi connectivity index (χ1v) is 12.4. The van der Waals surface area contributed by atoms with Gasteiger partial charge in [0.1, 0.15) is 9.90 Å². The van der Waals surface area contributed by atoms with E-state index in [1.807, 2.05) is 0 Å². The molecule has 1 N–H and O–H groups in total. The highest BCUT2D eigenvalue weighted by molar-refractivity contribution is 7.99. The lowest BCUT2D eigenvalue weighted by atomic mass is 10.3. The molecule has 0 bridgehead atoms. The zero-order chi connectivity index (χ0) is 21.6. The molecule has 0 aromatic carbocycles. The number of hydrogen-bond acceptors (Lipinski definition) is 9. The van der Waals surface area contributed by atoms with Crippen LogP contribution in [-0.2, 0) is 24.3 Å². The molecule has 0 spiro atoms. The number of thiophene rings is 1. The number of pyridine rings is 1. The van der Waals surface area contributed by atoms with Crippen LogP contribution in [0.5, 0.6) is 0 Å². The van der Waals surface area contributed by atoms with Crippen LogP contribution in [0, 0.1) is 0 Å². The summed E-state index contributed by atoms with van der Waals surface area (Å²) in [6, 6.07) is 4.65. The zero-order valence-corrected chi connectivity index (χ0v) is 18.6. The molecule has 0 unspecified atom stereocenters. The summed E-state index contributed by atoms with van der Waals surface area (Å²) in [7, 11) is -3.60. The second-order valence-electron chi connectivity index (χ2n) is 6.07. The Hall–Kier alpha value is -1.99. The number of sulfonamides is 1. The first kappa shape index (κ1) is 22.7. The number of ether oxygens (including phenoxy) is 2. The lowest BCUT2D eigenvalue weighted by molar-refractivity contribution is -0.113. The maximum absolute atomic E-state index is 12.6. The lowest BCUT2D eigenvalue weighted by Gasteiger charge is -2.25. The number of nitrogens with one attached hydrogen (secondary N) is 1. The number of amides is 1.